The molecule has 1 fully saturated rings. The predicted molar refractivity (Wildman–Crippen MR) is 73.7 cm³/mol. The minimum atomic E-state index is -3.99. The van der Waals surface area contributed by atoms with Crippen LogP contribution >= 0.6 is 10.7 Å². The van der Waals surface area contributed by atoms with Crippen LogP contribution in [0.5, 0.6) is 0 Å². The third kappa shape index (κ3) is 3.30. The van der Waals surface area contributed by atoms with Gasteiger partial charge in [0.25, 0.3) is 15.0 Å². The van der Waals surface area contributed by atoms with Crippen molar-refractivity contribution in [3.05, 3.63) is 29.6 Å². The Kier molecular flexibility index (Phi) is 4.34. The molecule has 0 N–H and O–H groups in total. The largest absolute Gasteiger partial charge is 0.338 e. The molecule has 0 bridgehead atoms. The molecule has 1 aliphatic rings. The molecule has 0 saturated carbocycles. The fourth-order valence-corrected chi connectivity index (χ4v) is 3.13. The Morgan fingerprint density at radius 1 is 1.45 bits per heavy atom. The molecule has 1 aromatic carbocycles. The van der Waals surface area contributed by atoms with Gasteiger partial charge in [0.05, 0.1) is 10.5 Å². The average molecular weight is 320 g/mol. The van der Waals surface area contributed by atoms with Crippen LogP contribution in [0.1, 0.15) is 30.1 Å². The van der Waals surface area contributed by atoms with Gasteiger partial charge in [-0.3, -0.25) is 4.79 Å². The summed E-state index contributed by atoms with van der Waals surface area (Å²) >= 11 is 0. The van der Waals surface area contributed by atoms with Crippen molar-refractivity contribution >= 4 is 25.6 Å². The summed E-state index contributed by atoms with van der Waals surface area (Å²) < 4.78 is 36.1. The highest BCUT2D eigenvalue weighted by atomic mass is 35.7. The summed E-state index contributed by atoms with van der Waals surface area (Å²) in [5.41, 5.74) is -0.122. The molecule has 0 aliphatic carbocycles. The number of nitrogens with zero attached hydrogens (tertiary/aromatic N) is 1. The highest BCUT2D eigenvalue weighted by Gasteiger charge is 2.25. The van der Waals surface area contributed by atoms with Gasteiger partial charge in [-0.25, -0.2) is 12.8 Å². The van der Waals surface area contributed by atoms with Gasteiger partial charge in [0.2, 0.25) is 0 Å². The molecule has 0 radical (unpaired) electrons. The lowest BCUT2D eigenvalue weighted by molar-refractivity contribution is 0.0678. The van der Waals surface area contributed by atoms with E-state index in [9.17, 15) is 17.6 Å². The SMILES string of the molecule is CC1CCCN(C(=O)c2ccc(S(=O)(=O)Cl)cc2F)C1. The van der Waals surface area contributed by atoms with E-state index in [1.165, 1.54) is 6.07 Å². The first-order valence-electron chi connectivity index (χ1n) is 6.32. The summed E-state index contributed by atoms with van der Waals surface area (Å²) in [5.74, 6) is -0.888. The summed E-state index contributed by atoms with van der Waals surface area (Å²) in [6.07, 6.45) is 1.94. The molecule has 1 atom stereocenters. The lowest BCUT2D eigenvalue weighted by Crippen LogP contribution is -2.39. The zero-order valence-electron chi connectivity index (χ0n) is 11.0. The molecule has 1 aromatic rings. The maximum Gasteiger partial charge on any atom is 0.261 e. The first-order valence-corrected chi connectivity index (χ1v) is 8.63. The number of amides is 1. The number of carbonyl (C=O) groups is 1. The zero-order valence-corrected chi connectivity index (χ0v) is 12.5. The van der Waals surface area contributed by atoms with E-state index in [0.717, 1.165) is 25.0 Å². The second kappa shape index (κ2) is 5.69. The normalized spacial score (nSPS) is 19.9. The average Bonchev–Trinajstić information content (AvgIpc) is 2.36. The van der Waals surface area contributed by atoms with Crippen molar-refractivity contribution in [3.63, 3.8) is 0 Å². The number of rotatable bonds is 2. The Labute approximate surface area is 121 Å². The number of piperidine rings is 1. The molecule has 0 aromatic heterocycles. The van der Waals surface area contributed by atoms with Gasteiger partial charge in [0, 0.05) is 23.8 Å². The van der Waals surface area contributed by atoms with Crippen molar-refractivity contribution < 1.29 is 17.6 Å². The Morgan fingerprint density at radius 3 is 2.70 bits per heavy atom. The van der Waals surface area contributed by atoms with Crippen molar-refractivity contribution in [3.8, 4) is 0 Å². The molecule has 1 aliphatic heterocycles. The first kappa shape index (κ1) is 15.3. The summed E-state index contributed by atoms with van der Waals surface area (Å²) in [4.78, 5) is 13.5. The van der Waals surface area contributed by atoms with Crippen LogP contribution < -0.4 is 0 Å². The predicted octanol–water partition coefficient (Wildman–Crippen LogP) is 2.63. The Bertz CT molecular complexity index is 633. The van der Waals surface area contributed by atoms with Crippen LogP contribution in [0.4, 0.5) is 4.39 Å². The minimum Gasteiger partial charge on any atom is -0.338 e. The van der Waals surface area contributed by atoms with Crippen LogP contribution in [-0.2, 0) is 9.05 Å². The lowest BCUT2D eigenvalue weighted by Gasteiger charge is -2.31. The molecule has 110 valence electrons. The quantitative estimate of drug-likeness (QED) is 0.787. The topological polar surface area (TPSA) is 54.5 Å². The van der Waals surface area contributed by atoms with Gasteiger partial charge in [-0.2, -0.15) is 0 Å². The molecule has 1 heterocycles. The first-order chi connectivity index (χ1) is 9.29. The zero-order chi connectivity index (χ0) is 14.9. The van der Waals surface area contributed by atoms with E-state index in [-0.39, 0.29) is 10.5 Å². The van der Waals surface area contributed by atoms with Crippen LogP contribution in [-0.4, -0.2) is 32.3 Å². The molecule has 1 unspecified atom stereocenters. The van der Waals surface area contributed by atoms with Crippen LogP contribution in [0.25, 0.3) is 0 Å². The standard InChI is InChI=1S/C13H15ClFNO3S/c1-9-3-2-6-16(8-9)13(17)11-5-4-10(7-12(11)15)20(14,18)19/h4-5,7,9H,2-3,6,8H2,1H3. The van der Waals surface area contributed by atoms with Crippen molar-refractivity contribution in [2.45, 2.75) is 24.7 Å². The van der Waals surface area contributed by atoms with E-state index in [2.05, 4.69) is 0 Å². The van der Waals surface area contributed by atoms with Crippen LogP contribution in [0, 0.1) is 11.7 Å². The third-order valence-corrected chi connectivity index (χ3v) is 4.75. The highest BCUT2D eigenvalue weighted by Crippen LogP contribution is 2.22. The molecule has 0 spiro atoms. The number of likely N-dealkylation sites (tertiary alicyclic amines) is 1. The van der Waals surface area contributed by atoms with Crippen molar-refractivity contribution in [2.24, 2.45) is 5.92 Å². The van der Waals surface area contributed by atoms with Gasteiger partial charge in [-0.05, 0) is 37.0 Å². The highest BCUT2D eigenvalue weighted by molar-refractivity contribution is 8.13. The van der Waals surface area contributed by atoms with E-state index < -0.39 is 20.8 Å². The Balaban J connectivity index is 2.27. The number of benzene rings is 1. The summed E-state index contributed by atoms with van der Waals surface area (Å²) in [7, 11) is 1.15. The molecular weight excluding hydrogens is 305 g/mol. The van der Waals surface area contributed by atoms with Gasteiger partial charge in [0.15, 0.2) is 0 Å². The van der Waals surface area contributed by atoms with Crippen molar-refractivity contribution in [1.29, 1.82) is 0 Å². The second-order valence-electron chi connectivity index (χ2n) is 5.08. The monoisotopic (exact) mass is 319 g/mol. The number of carbonyl (C=O) groups excluding carboxylic acids is 1. The molecule has 1 saturated heterocycles. The molecule has 4 nitrogen and oxygen atoms in total. The fourth-order valence-electron chi connectivity index (χ4n) is 2.37. The van der Waals surface area contributed by atoms with E-state index in [1.807, 2.05) is 6.92 Å². The number of hydrogen-bond acceptors (Lipinski definition) is 3. The molecule has 1 amide bonds. The summed E-state index contributed by atoms with van der Waals surface area (Å²) in [5, 5.41) is 0. The van der Waals surface area contributed by atoms with E-state index >= 15 is 0 Å². The molecule has 2 rings (SSSR count). The van der Waals surface area contributed by atoms with Crippen molar-refractivity contribution in [2.75, 3.05) is 13.1 Å². The maximum atomic E-state index is 13.9. The summed E-state index contributed by atoms with van der Waals surface area (Å²) in [6, 6.07) is 3.10. The van der Waals surface area contributed by atoms with Crippen LogP contribution in [0.2, 0.25) is 0 Å². The van der Waals surface area contributed by atoms with Crippen LogP contribution in [0.15, 0.2) is 23.1 Å². The Hall–Kier alpha value is -1.14. The minimum absolute atomic E-state index is 0.122. The van der Waals surface area contributed by atoms with Gasteiger partial charge in [-0.15, -0.1) is 0 Å². The maximum absolute atomic E-state index is 13.9. The number of hydrogen-bond donors (Lipinski definition) is 0. The third-order valence-electron chi connectivity index (χ3n) is 3.40. The fraction of sp³-hybridized carbons (Fsp3) is 0.462. The van der Waals surface area contributed by atoms with E-state index in [4.69, 9.17) is 10.7 Å². The smallest absolute Gasteiger partial charge is 0.261 e. The molecular formula is C13H15ClFNO3S. The van der Waals surface area contributed by atoms with Gasteiger partial charge < -0.3 is 4.90 Å². The van der Waals surface area contributed by atoms with E-state index in [1.54, 1.807) is 4.90 Å². The Morgan fingerprint density at radius 2 is 2.15 bits per heavy atom. The van der Waals surface area contributed by atoms with Crippen molar-refractivity contribution in [1.82, 2.24) is 4.90 Å². The van der Waals surface area contributed by atoms with Gasteiger partial charge >= 0.3 is 0 Å². The van der Waals surface area contributed by atoms with Crippen LogP contribution in [0.3, 0.4) is 0 Å². The summed E-state index contributed by atoms with van der Waals surface area (Å²) in [6.45, 7) is 3.23. The van der Waals surface area contributed by atoms with Gasteiger partial charge in [-0.1, -0.05) is 6.92 Å². The van der Waals surface area contributed by atoms with E-state index in [0.29, 0.717) is 19.0 Å². The second-order valence-corrected chi connectivity index (χ2v) is 7.64. The molecule has 20 heavy (non-hydrogen) atoms. The number of halogens is 2. The lowest BCUT2D eigenvalue weighted by atomic mass is 9.99. The van der Waals surface area contributed by atoms with Gasteiger partial charge in [0.1, 0.15) is 5.82 Å². The molecule has 7 heteroatoms.